The molecule has 0 bridgehead atoms. The molecule has 3 N–H and O–H groups in total. The topological polar surface area (TPSA) is 113 Å². The standard InChI is InChI=1S/C17H24N2O5S/c1-4-10(2)15(17(21)22)18-16(20)14-9-13(8-5-11(14)3)25(23,24)19-12-6-7-12/h5,8-10,12,15,19H,4,6-7H2,1-3H3,(H,18,20)(H,21,22). The minimum absolute atomic E-state index is 0.00515. The summed E-state index contributed by atoms with van der Waals surface area (Å²) >= 11 is 0. The van der Waals surface area contributed by atoms with Crippen LogP contribution < -0.4 is 10.0 Å². The highest BCUT2D eigenvalue weighted by Crippen LogP contribution is 2.23. The number of aliphatic carboxylic acids is 1. The lowest BCUT2D eigenvalue weighted by atomic mass is 9.98. The Hall–Kier alpha value is -1.93. The Morgan fingerprint density at radius 2 is 1.96 bits per heavy atom. The zero-order valence-corrected chi connectivity index (χ0v) is 15.4. The molecule has 1 amide bonds. The summed E-state index contributed by atoms with van der Waals surface area (Å²) in [5.41, 5.74) is 0.740. The number of carbonyl (C=O) groups is 2. The van der Waals surface area contributed by atoms with Gasteiger partial charge in [-0.05, 0) is 43.4 Å². The van der Waals surface area contributed by atoms with Crippen LogP contribution in [0.25, 0.3) is 0 Å². The molecule has 0 saturated heterocycles. The van der Waals surface area contributed by atoms with Crippen molar-refractivity contribution in [3.05, 3.63) is 29.3 Å². The Bertz CT molecular complexity index is 771. The largest absolute Gasteiger partial charge is 0.480 e. The fourth-order valence-electron chi connectivity index (χ4n) is 2.40. The van der Waals surface area contributed by atoms with Gasteiger partial charge in [0.25, 0.3) is 5.91 Å². The molecular weight excluding hydrogens is 344 g/mol. The third kappa shape index (κ3) is 4.79. The molecule has 2 unspecified atom stereocenters. The number of carboxylic acids is 1. The number of carboxylic acid groups (broad SMARTS) is 1. The van der Waals surface area contributed by atoms with Gasteiger partial charge < -0.3 is 10.4 Å². The molecule has 0 radical (unpaired) electrons. The van der Waals surface area contributed by atoms with E-state index in [4.69, 9.17) is 0 Å². The highest BCUT2D eigenvalue weighted by Gasteiger charge is 2.30. The van der Waals surface area contributed by atoms with Crippen molar-refractivity contribution in [2.75, 3.05) is 0 Å². The van der Waals surface area contributed by atoms with Gasteiger partial charge in [-0.2, -0.15) is 0 Å². The Morgan fingerprint density at radius 3 is 2.48 bits per heavy atom. The van der Waals surface area contributed by atoms with Gasteiger partial charge in [0, 0.05) is 11.6 Å². The van der Waals surface area contributed by atoms with Crippen LogP contribution in [0.5, 0.6) is 0 Å². The van der Waals surface area contributed by atoms with E-state index < -0.39 is 27.9 Å². The second-order valence-electron chi connectivity index (χ2n) is 6.55. The van der Waals surface area contributed by atoms with E-state index in [2.05, 4.69) is 10.0 Å². The van der Waals surface area contributed by atoms with Crippen LogP contribution in [0.2, 0.25) is 0 Å². The number of amides is 1. The number of carbonyl (C=O) groups excluding carboxylic acids is 1. The van der Waals surface area contributed by atoms with Gasteiger partial charge in [-0.1, -0.05) is 26.3 Å². The number of sulfonamides is 1. The fraction of sp³-hybridized carbons (Fsp3) is 0.529. The molecule has 1 aliphatic carbocycles. The number of rotatable bonds is 8. The smallest absolute Gasteiger partial charge is 0.326 e. The molecule has 8 heteroatoms. The predicted molar refractivity (Wildman–Crippen MR) is 92.9 cm³/mol. The van der Waals surface area contributed by atoms with Crippen molar-refractivity contribution in [1.29, 1.82) is 0 Å². The third-order valence-electron chi connectivity index (χ3n) is 4.43. The van der Waals surface area contributed by atoms with Gasteiger partial charge in [-0.3, -0.25) is 4.79 Å². The normalized spacial score (nSPS) is 16.9. The van der Waals surface area contributed by atoms with E-state index in [-0.39, 0.29) is 22.4 Å². The molecule has 0 heterocycles. The van der Waals surface area contributed by atoms with Gasteiger partial charge in [0.15, 0.2) is 0 Å². The Balaban J connectivity index is 2.26. The monoisotopic (exact) mass is 368 g/mol. The lowest BCUT2D eigenvalue weighted by Gasteiger charge is -2.21. The first-order chi connectivity index (χ1) is 11.7. The van der Waals surface area contributed by atoms with Crippen molar-refractivity contribution >= 4 is 21.9 Å². The maximum absolute atomic E-state index is 12.5. The molecule has 0 aliphatic heterocycles. The van der Waals surface area contributed by atoms with Gasteiger partial charge in [-0.15, -0.1) is 0 Å². The molecule has 0 spiro atoms. The maximum Gasteiger partial charge on any atom is 0.326 e. The molecule has 2 rings (SSSR count). The van der Waals surface area contributed by atoms with Crippen molar-refractivity contribution in [3.8, 4) is 0 Å². The van der Waals surface area contributed by atoms with Crippen molar-refractivity contribution < 1.29 is 23.1 Å². The zero-order valence-electron chi connectivity index (χ0n) is 14.6. The molecule has 0 aromatic heterocycles. The molecule has 1 aromatic carbocycles. The van der Waals surface area contributed by atoms with E-state index in [9.17, 15) is 23.1 Å². The minimum Gasteiger partial charge on any atom is -0.480 e. The van der Waals surface area contributed by atoms with Crippen LogP contribution >= 0.6 is 0 Å². The van der Waals surface area contributed by atoms with Gasteiger partial charge in [-0.25, -0.2) is 17.9 Å². The van der Waals surface area contributed by atoms with Gasteiger partial charge in [0.1, 0.15) is 6.04 Å². The summed E-state index contributed by atoms with van der Waals surface area (Å²) in [4.78, 5) is 23.9. The number of aryl methyl sites for hydroxylation is 1. The highest BCUT2D eigenvalue weighted by molar-refractivity contribution is 7.89. The Kier molecular flexibility index (Phi) is 5.84. The summed E-state index contributed by atoms with van der Waals surface area (Å²) in [6.07, 6.45) is 2.22. The number of benzene rings is 1. The average Bonchev–Trinajstić information content (AvgIpc) is 3.34. The highest BCUT2D eigenvalue weighted by atomic mass is 32.2. The van der Waals surface area contributed by atoms with Gasteiger partial charge >= 0.3 is 5.97 Å². The molecule has 138 valence electrons. The first-order valence-electron chi connectivity index (χ1n) is 8.32. The molecular formula is C17H24N2O5S. The second-order valence-corrected chi connectivity index (χ2v) is 8.26. The van der Waals surface area contributed by atoms with Crippen LogP contribution in [0.1, 0.15) is 49.0 Å². The molecule has 1 aromatic rings. The first kappa shape index (κ1) is 19.4. The zero-order chi connectivity index (χ0) is 18.8. The lowest BCUT2D eigenvalue weighted by Crippen LogP contribution is -2.45. The van der Waals surface area contributed by atoms with Crippen molar-refractivity contribution in [3.63, 3.8) is 0 Å². The predicted octanol–water partition coefficient (Wildman–Crippen LogP) is 1.66. The van der Waals surface area contributed by atoms with Crippen LogP contribution in [0, 0.1) is 12.8 Å². The summed E-state index contributed by atoms with van der Waals surface area (Å²) < 4.78 is 27.2. The van der Waals surface area contributed by atoms with Gasteiger partial charge in [0.05, 0.1) is 4.90 Å². The van der Waals surface area contributed by atoms with Crippen LogP contribution in [0.4, 0.5) is 0 Å². The quantitative estimate of drug-likeness (QED) is 0.646. The van der Waals surface area contributed by atoms with E-state index in [0.717, 1.165) is 12.8 Å². The lowest BCUT2D eigenvalue weighted by molar-refractivity contribution is -0.140. The Morgan fingerprint density at radius 1 is 1.32 bits per heavy atom. The minimum atomic E-state index is -3.68. The molecule has 2 atom stereocenters. The second kappa shape index (κ2) is 7.53. The number of nitrogens with one attached hydrogen (secondary N) is 2. The van der Waals surface area contributed by atoms with E-state index in [1.165, 1.54) is 12.1 Å². The van der Waals surface area contributed by atoms with Crippen molar-refractivity contribution in [2.24, 2.45) is 5.92 Å². The summed E-state index contributed by atoms with van der Waals surface area (Å²) in [7, 11) is -3.68. The van der Waals surface area contributed by atoms with E-state index in [0.29, 0.717) is 12.0 Å². The fourth-order valence-corrected chi connectivity index (χ4v) is 3.73. The molecule has 1 aliphatic rings. The SMILES string of the molecule is CCC(C)C(NC(=O)c1cc(S(=O)(=O)NC2CC2)ccc1C)C(=O)O. The summed E-state index contributed by atoms with van der Waals surface area (Å²) in [5.74, 6) is -1.95. The van der Waals surface area contributed by atoms with Crippen LogP contribution in [0.15, 0.2) is 23.1 Å². The van der Waals surface area contributed by atoms with E-state index in [1.54, 1.807) is 19.9 Å². The Labute approximate surface area is 147 Å². The van der Waals surface area contributed by atoms with Crippen molar-refractivity contribution in [2.45, 2.75) is 57.0 Å². The summed E-state index contributed by atoms with van der Waals surface area (Å²) in [5, 5.41) is 11.8. The molecule has 25 heavy (non-hydrogen) atoms. The van der Waals surface area contributed by atoms with Gasteiger partial charge in [0.2, 0.25) is 10.0 Å². The molecule has 1 fully saturated rings. The summed E-state index contributed by atoms with van der Waals surface area (Å²) in [6, 6.07) is 3.23. The van der Waals surface area contributed by atoms with Crippen LogP contribution in [-0.4, -0.2) is 37.5 Å². The van der Waals surface area contributed by atoms with Crippen LogP contribution in [-0.2, 0) is 14.8 Å². The number of hydrogen-bond donors (Lipinski definition) is 3. The van der Waals surface area contributed by atoms with Crippen molar-refractivity contribution in [1.82, 2.24) is 10.0 Å². The first-order valence-corrected chi connectivity index (χ1v) is 9.80. The summed E-state index contributed by atoms with van der Waals surface area (Å²) in [6.45, 7) is 5.26. The maximum atomic E-state index is 12.5. The van der Waals surface area contributed by atoms with E-state index in [1.807, 2.05) is 6.92 Å². The van der Waals surface area contributed by atoms with Crippen LogP contribution in [0.3, 0.4) is 0 Å². The molecule has 7 nitrogen and oxygen atoms in total. The average molecular weight is 368 g/mol. The number of hydrogen-bond acceptors (Lipinski definition) is 4. The molecule has 1 saturated carbocycles. The third-order valence-corrected chi connectivity index (χ3v) is 5.95. The van der Waals surface area contributed by atoms with E-state index >= 15 is 0 Å².